The Morgan fingerprint density at radius 1 is 1.26 bits per heavy atom. The van der Waals surface area contributed by atoms with Gasteiger partial charge in [-0.2, -0.15) is 4.98 Å². The lowest BCUT2D eigenvalue weighted by atomic mass is 10.2. The lowest BCUT2D eigenvalue weighted by molar-refractivity contribution is 0.418. The molecule has 6 nitrogen and oxygen atoms in total. The molecule has 4 aromatic rings. The highest BCUT2D eigenvalue weighted by Gasteiger charge is 2.13. The number of aromatic amines is 1. The van der Waals surface area contributed by atoms with Crippen molar-refractivity contribution in [2.45, 2.75) is 0 Å². The van der Waals surface area contributed by atoms with Crippen molar-refractivity contribution in [3.05, 3.63) is 36.3 Å². The van der Waals surface area contributed by atoms with E-state index >= 15 is 0 Å². The molecule has 0 atom stereocenters. The summed E-state index contributed by atoms with van der Waals surface area (Å²) in [7, 11) is 0. The minimum Gasteiger partial charge on any atom is -0.345 e. The highest BCUT2D eigenvalue weighted by Crippen LogP contribution is 2.31. The maximum atomic E-state index is 4.73. The van der Waals surface area contributed by atoms with Crippen LogP contribution in [-0.2, 0) is 0 Å². The average Bonchev–Trinajstić information content (AvgIpc) is 3.18. The Balaban J connectivity index is 1.85. The van der Waals surface area contributed by atoms with Crippen molar-refractivity contribution >= 4 is 22.4 Å². The SMILES string of the molecule is c1cnc2[nH]cc(-c3csc(-c4ncon4)n3)c2c1. The van der Waals surface area contributed by atoms with E-state index < -0.39 is 0 Å². The van der Waals surface area contributed by atoms with Gasteiger partial charge in [-0.15, -0.1) is 11.3 Å². The first-order chi connectivity index (χ1) is 9.42. The van der Waals surface area contributed by atoms with Crippen molar-refractivity contribution in [1.29, 1.82) is 0 Å². The summed E-state index contributed by atoms with van der Waals surface area (Å²) in [6, 6.07) is 3.92. The second-order valence-corrected chi connectivity index (χ2v) is 4.75. The van der Waals surface area contributed by atoms with Crippen LogP contribution in [-0.4, -0.2) is 25.1 Å². The Bertz CT molecular complexity index is 833. The van der Waals surface area contributed by atoms with Gasteiger partial charge in [0.05, 0.1) is 5.69 Å². The standard InChI is InChI=1S/C12H7N5OS/c1-2-7-8(4-14-10(7)13-3-1)9-5-19-12(16-9)11-15-6-18-17-11/h1-6H,(H,13,14). The molecule has 0 aromatic carbocycles. The van der Waals surface area contributed by atoms with Crippen LogP contribution in [0.2, 0.25) is 0 Å². The van der Waals surface area contributed by atoms with Crippen molar-refractivity contribution < 1.29 is 4.52 Å². The second-order valence-electron chi connectivity index (χ2n) is 3.89. The maximum absolute atomic E-state index is 4.73. The van der Waals surface area contributed by atoms with Gasteiger partial charge < -0.3 is 9.51 Å². The first-order valence-electron chi connectivity index (χ1n) is 5.56. The fourth-order valence-electron chi connectivity index (χ4n) is 1.93. The first kappa shape index (κ1) is 10.4. The summed E-state index contributed by atoms with van der Waals surface area (Å²) >= 11 is 1.48. The first-order valence-corrected chi connectivity index (χ1v) is 6.44. The van der Waals surface area contributed by atoms with Gasteiger partial charge >= 0.3 is 0 Å². The van der Waals surface area contributed by atoms with E-state index in [0.717, 1.165) is 27.3 Å². The fraction of sp³-hybridized carbons (Fsp3) is 0. The molecule has 1 N–H and O–H groups in total. The Hall–Kier alpha value is -2.54. The molecule has 19 heavy (non-hydrogen) atoms. The normalized spacial score (nSPS) is 11.2. The van der Waals surface area contributed by atoms with Gasteiger partial charge in [0.2, 0.25) is 12.2 Å². The molecule has 0 aliphatic carbocycles. The quantitative estimate of drug-likeness (QED) is 0.605. The van der Waals surface area contributed by atoms with Crippen LogP contribution in [0.15, 0.2) is 40.8 Å². The fourth-order valence-corrected chi connectivity index (χ4v) is 2.68. The van der Waals surface area contributed by atoms with Gasteiger partial charge in [0, 0.05) is 28.7 Å². The van der Waals surface area contributed by atoms with Crippen molar-refractivity contribution in [2.75, 3.05) is 0 Å². The average molecular weight is 269 g/mol. The Morgan fingerprint density at radius 3 is 3.16 bits per heavy atom. The number of nitrogens with one attached hydrogen (secondary N) is 1. The third-order valence-electron chi connectivity index (χ3n) is 2.78. The smallest absolute Gasteiger partial charge is 0.231 e. The molecule has 0 saturated heterocycles. The summed E-state index contributed by atoms with van der Waals surface area (Å²) in [5, 5.41) is 7.55. The molecule has 0 spiro atoms. The molecule has 0 aliphatic rings. The van der Waals surface area contributed by atoms with Crippen molar-refractivity contribution in [3.63, 3.8) is 0 Å². The van der Waals surface area contributed by atoms with E-state index in [1.165, 1.54) is 17.7 Å². The Labute approximate surface area is 111 Å². The molecular weight excluding hydrogens is 262 g/mol. The van der Waals surface area contributed by atoms with Crippen molar-refractivity contribution in [3.8, 4) is 22.1 Å². The molecule has 0 radical (unpaired) electrons. The number of rotatable bonds is 2. The summed E-state index contributed by atoms with van der Waals surface area (Å²) < 4.78 is 4.73. The lowest BCUT2D eigenvalue weighted by Gasteiger charge is -1.92. The summed E-state index contributed by atoms with van der Waals surface area (Å²) in [4.78, 5) is 15.9. The number of aromatic nitrogens is 5. The van der Waals surface area contributed by atoms with E-state index in [2.05, 4.69) is 25.1 Å². The predicted octanol–water partition coefficient (Wildman–Crippen LogP) is 2.74. The lowest BCUT2D eigenvalue weighted by Crippen LogP contribution is -1.80. The maximum Gasteiger partial charge on any atom is 0.231 e. The molecule has 0 fully saturated rings. The van der Waals surface area contributed by atoms with E-state index in [9.17, 15) is 0 Å². The molecule has 4 heterocycles. The van der Waals surface area contributed by atoms with E-state index in [4.69, 9.17) is 4.52 Å². The zero-order chi connectivity index (χ0) is 12.7. The third kappa shape index (κ3) is 1.63. The van der Waals surface area contributed by atoms with Crippen LogP contribution in [0.25, 0.3) is 33.1 Å². The molecule has 0 unspecified atom stereocenters. The number of hydrogen-bond donors (Lipinski definition) is 1. The molecule has 4 aromatic heterocycles. The number of thiazole rings is 1. The second kappa shape index (κ2) is 3.99. The largest absolute Gasteiger partial charge is 0.345 e. The molecule has 0 bridgehead atoms. The van der Waals surface area contributed by atoms with Crippen LogP contribution in [0.3, 0.4) is 0 Å². The van der Waals surface area contributed by atoms with E-state index in [1.807, 2.05) is 23.7 Å². The minimum absolute atomic E-state index is 0.509. The van der Waals surface area contributed by atoms with Crippen molar-refractivity contribution in [2.24, 2.45) is 0 Å². The van der Waals surface area contributed by atoms with Gasteiger partial charge in [-0.1, -0.05) is 5.16 Å². The van der Waals surface area contributed by atoms with Crippen molar-refractivity contribution in [1.82, 2.24) is 25.1 Å². The van der Waals surface area contributed by atoms with E-state index in [0.29, 0.717) is 5.82 Å². The molecule has 7 heteroatoms. The summed E-state index contributed by atoms with van der Waals surface area (Å²) in [5.74, 6) is 0.509. The summed E-state index contributed by atoms with van der Waals surface area (Å²) in [5.41, 5.74) is 2.75. The van der Waals surface area contributed by atoms with E-state index in [-0.39, 0.29) is 0 Å². The minimum atomic E-state index is 0.509. The molecule has 0 aliphatic heterocycles. The molecule has 0 amide bonds. The molecule has 4 rings (SSSR count). The monoisotopic (exact) mass is 269 g/mol. The Kier molecular flexibility index (Phi) is 2.18. The Morgan fingerprint density at radius 2 is 2.26 bits per heavy atom. The van der Waals surface area contributed by atoms with Gasteiger partial charge in [-0.3, -0.25) is 0 Å². The molecule has 0 saturated carbocycles. The van der Waals surface area contributed by atoms with Gasteiger partial charge in [-0.25, -0.2) is 9.97 Å². The van der Waals surface area contributed by atoms with Crippen LogP contribution < -0.4 is 0 Å². The van der Waals surface area contributed by atoms with Gasteiger partial charge in [0.1, 0.15) is 5.65 Å². The van der Waals surface area contributed by atoms with Gasteiger partial charge in [-0.05, 0) is 12.1 Å². The summed E-state index contributed by atoms with van der Waals surface area (Å²) in [6.07, 6.45) is 4.97. The van der Waals surface area contributed by atoms with Crippen LogP contribution in [0.1, 0.15) is 0 Å². The van der Waals surface area contributed by atoms with Crippen LogP contribution in [0, 0.1) is 0 Å². The van der Waals surface area contributed by atoms with Gasteiger partial charge in [0.15, 0.2) is 5.01 Å². The zero-order valence-corrected chi connectivity index (χ0v) is 10.4. The van der Waals surface area contributed by atoms with Crippen LogP contribution >= 0.6 is 11.3 Å². The highest BCUT2D eigenvalue weighted by atomic mass is 32.1. The molecular formula is C12H7N5OS. The topological polar surface area (TPSA) is 80.5 Å². The zero-order valence-electron chi connectivity index (χ0n) is 9.57. The highest BCUT2D eigenvalue weighted by molar-refractivity contribution is 7.13. The summed E-state index contributed by atoms with van der Waals surface area (Å²) in [6.45, 7) is 0. The number of H-pyrrole nitrogens is 1. The van der Waals surface area contributed by atoms with Gasteiger partial charge in [0.25, 0.3) is 0 Å². The number of hydrogen-bond acceptors (Lipinski definition) is 6. The molecule has 92 valence electrons. The van der Waals surface area contributed by atoms with E-state index in [1.54, 1.807) is 6.20 Å². The third-order valence-corrected chi connectivity index (χ3v) is 3.62. The number of fused-ring (bicyclic) bond motifs is 1. The predicted molar refractivity (Wildman–Crippen MR) is 70.5 cm³/mol. The number of pyridine rings is 1. The van der Waals surface area contributed by atoms with Crippen LogP contribution in [0.4, 0.5) is 0 Å². The van der Waals surface area contributed by atoms with Crippen LogP contribution in [0.5, 0.6) is 0 Å². The number of nitrogens with zero attached hydrogens (tertiary/aromatic N) is 4.